The average molecular weight is 236 g/mol. The van der Waals surface area contributed by atoms with Crippen LogP contribution in [0.15, 0.2) is 10.5 Å². The minimum atomic E-state index is -0.231. The second kappa shape index (κ2) is 3.67. The molecule has 62 valence electrons. The van der Waals surface area contributed by atoms with Crippen LogP contribution in [0.3, 0.4) is 0 Å². The third kappa shape index (κ3) is 2.02. The van der Waals surface area contributed by atoms with Crippen LogP contribution in [-0.4, -0.2) is 11.7 Å². The Balaban J connectivity index is 2.88. The van der Waals surface area contributed by atoms with E-state index >= 15 is 0 Å². The van der Waals surface area contributed by atoms with Crippen LogP contribution in [0.2, 0.25) is 0 Å². The van der Waals surface area contributed by atoms with E-state index in [9.17, 15) is 0 Å². The van der Waals surface area contributed by atoms with Gasteiger partial charge in [0.25, 0.3) is 0 Å². The molecule has 0 aliphatic rings. The van der Waals surface area contributed by atoms with E-state index in [0.717, 1.165) is 9.35 Å². The molecule has 0 aliphatic carbocycles. The lowest BCUT2D eigenvalue weighted by Gasteiger charge is -2.02. The molecule has 0 saturated heterocycles. The number of thiophene rings is 1. The van der Waals surface area contributed by atoms with Crippen molar-refractivity contribution in [3.05, 3.63) is 20.3 Å². The molecule has 11 heavy (non-hydrogen) atoms. The van der Waals surface area contributed by atoms with E-state index in [4.69, 9.17) is 10.8 Å². The predicted octanol–water partition coefficient (Wildman–Crippen LogP) is 1.81. The highest BCUT2D eigenvalue weighted by Crippen LogP contribution is 2.29. The van der Waals surface area contributed by atoms with Gasteiger partial charge in [-0.2, -0.15) is 0 Å². The lowest BCUT2D eigenvalue weighted by atomic mass is 10.3. The molecule has 1 aromatic rings. The Labute approximate surface area is 78.2 Å². The molecule has 0 fully saturated rings. The number of nitrogens with two attached hydrogens (primary N) is 1. The first-order valence-corrected chi connectivity index (χ1v) is 4.88. The third-order valence-corrected chi connectivity index (χ3v) is 3.71. The van der Waals surface area contributed by atoms with Crippen molar-refractivity contribution in [1.82, 2.24) is 0 Å². The van der Waals surface area contributed by atoms with E-state index in [2.05, 4.69) is 15.9 Å². The maximum atomic E-state index is 8.75. The van der Waals surface area contributed by atoms with Crippen LogP contribution in [0.5, 0.6) is 0 Å². The van der Waals surface area contributed by atoms with Gasteiger partial charge in [-0.25, -0.2) is 0 Å². The fourth-order valence-electron chi connectivity index (χ4n) is 0.754. The molecule has 1 heterocycles. The Bertz CT molecular complexity index is 229. The zero-order valence-electron chi connectivity index (χ0n) is 6.17. The van der Waals surface area contributed by atoms with E-state index in [-0.39, 0.29) is 12.6 Å². The second-order valence-electron chi connectivity index (χ2n) is 2.34. The van der Waals surface area contributed by atoms with Gasteiger partial charge in [-0.05, 0) is 28.9 Å². The molecule has 4 heteroatoms. The molecule has 0 bridgehead atoms. The van der Waals surface area contributed by atoms with E-state index in [0.29, 0.717) is 0 Å². The van der Waals surface area contributed by atoms with Crippen molar-refractivity contribution >= 4 is 27.3 Å². The molecule has 1 unspecified atom stereocenters. The van der Waals surface area contributed by atoms with E-state index in [1.54, 1.807) is 11.3 Å². The van der Waals surface area contributed by atoms with Gasteiger partial charge in [-0.1, -0.05) is 0 Å². The highest BCUT2D eigenvalue weighted by Gasteiger charge is 2.08. The summed E-state index contributed by atoms with van der Waals surface area (Å²) < 4.78 is 1.07. The molecule has 0 radical (unpaired) electrons. The molecule has 2 nitrogen and oxygen atoms in total. The average Bonchev–Trinajstić information content (AvgIpc) is 2.31. The molecular formula is C7H10BrNOS. The second-order valence-corrected chi connectivity index (χ2v) is 4.48. The summed E-state index contributed by atoms with van der Waals surface area (Å²) >= 11 is 5.00. The third-order valence-electron chi connectivity index (χ3n) is 1.44. The SMILES string of the molecule is Cc1sc(C(N)CO)cc1Br. The van der Waals surface area contributed by atoms with Crippen molar-refractivity contribution in [3.63, 3.8) is 0 Å². The molecule has 1 rings (SSSR count). The van der Waals surface area contributed by atoms with Crippen LogP contribution in [-0.2, 0) is 0 Å². The Kier molecular flexibility index (Phi) is 3.06. The topological polar surface area (TPSA) is 46.2 Å². The molecule has 0 spiro atoms. The van der Waals surface area contributed by atoms with Crippen LogP contribution in [0.4, 0.5) is 0 Å². The Hall–Kier alpha value is 0.100. The smallest absolute Gasteiger partial charge is 0.0632 e. The number of halogens is 1. The summed E-state index contributed by atoms with van der Waals surface area (Å²) in [6.45, 7) is 2.02. The summed E-state index contributed by atoms with van der Waals surface area (Å²) in [5.41, 5.74) is 5.62. The Morgan fingerprint density at radius 3 is 2.82 bits per heavy atom. The van der Waals surface area contributed by atoms with Gasteiger partial charge in [0.2, 0.25) is 0 Å². The lowest BCUT2D eigenvalue weighted by molar-refractivity contribution is 0.269. The van der Waals surface area contributed by atoms with Gasteiger partial charge in [0.05, 0.1) is 12.6 Å². The number of hydrogen-bond acceptors (Lipinski definition) is 3. The zero-order chi connectivity index (χ0) is 8.43. The number of aliphatic hydroxyl groups is 1. The molecule has 0 aromatic carbocycles. The maximum Gasteiger partial charge on any atom is 0.0632 e. The van der Waals surface area contributed by atoms with Gasteiger partial charge in [0, 0.05) is 14.2 Å². The fourth-order valence-corrected chi connectivity index (χ4v) is 2.31. The van der Waals surface area contributed by atoms with Gasteiger partial charge < -0.3 is 10.8 Å². The zero-order valence-corrected chi connectivity index (χ0v) is 8.58. The van der Waals surface area contributed by atoms with Gasteiger partial charge in [-0.15, -0.1) is 11.3 Å². The van der Waals surface area contributed by atoms with Gasteiger partial charge in [0.15, 0.2) is 0 Å². The summed E-state index contributed by atoms with van der Waals surface area (Å²) in [6.07, 6.45) is 0. The Morgan fingerprint density at radius 1 is 1.82 bits per heavy atom. The van der Waals surface area contributed by atoms with Crippen LogP contribution >= 0.6 is 27.3 Å². The first-order valence-electron chi connectivity index (χ1n) is 3.27. The summed E-state index contributed by atoms with van der Waals surface area (Å²) in [6, 6.07) is 1.73. The maximum absolute atomic E-state index is 8.75. The highest BCUT2D eigenvalue weighted by molar-refractivity contribution is 9.10. The highest BCUT2D eigenvalue weighted by atomic mass is 79.9. The molecule has 0 saturated carbocycles. The summed E-state index contributed by atoms with van der Waals surface area (Å²) in [4.78, 5) is 2.22. The monoisotopic (exact) mass is 235 g/mol. The predicted molar refractivity (Wildman–Crippen MR) is 50.8 cm³/mol. The molecule has 3 N–H and O–H groups in total. The summed E-state index contributed by atoms with van der Waals surface area (Å²) in [5, 5.41) is 8.75. The van der Waals surface area contributed by atoms with E-state index in [1.165, 1.54) is 4.88 Å². The minimum absolute atomic E-state index is 0.00634. The molecule has 0 aliphatic heterocycles. The quantitative estimate of drug-likeness (QED) is 0.822. The van der Waals surface area contributed by atoms with Gasteiger partial charge >= 0.3 is 0 Å². The summed E-state index contributed by atoms with van der Waals surface area (Å²) in [5.74, 6) is 0. The van der Waals surface area contributed by atoms with Crippen molar-refractivity contribution in [2.24, 2.45) is 5.73 Å². The first kappa shape index (κ1) is 9.19. The van der Waals surface area contributed by atoms with E-state index in [1.807, 2.05) is 13.0 Å². The summed E-state index contributed by atoms with van der Waals surface area (Å²) in [7, 11) is 0. The first-order chi connectivity index (χ1) is 5.15. The molecule has 1 atom stereocenters. The minimum Gasteiger partial charge on any atom is -0.394 e. The number of rotatable bonds is 2. The van der Waals surface area contributed by atoms with Gasteiger partial charge in [0.1, 0.15) is 0 Å². The number of hydrogen-bond donors (Lipinski definition) is 2. The van der Waals surface area contributed by atoms with Crippen molar-refractivity contribution in [2.45, 2.75) is 13.0 Å². The van der Waals surface area contributed by atoms with Crippen LogP contribution in [0.25, 0.3) is 0 Å². The number of aryl methyl sites for hydroxylation is 1. The molecular weight excluding hydrogens is 226 g/mol. The van der Waals surface area contributed by atoms with Crippen LogP contribution in [0, 0.1) is 6.92 Å². The van der Waals surface area contributed by atoms with Crippen LogP contribution in [0.1, 0.15) is 15.8 Å². The van der Waals surface area contributed by atoms with E-state index < -0.39 is 0 Å². The Morgan fingerprint density at radius 2 is 2.45 bits per heavy atom. The normalized spacial score (nSPS) is 13.5. The lowest BCUT2D eigenvalue weighted by Crippen LogP contribution is -2.12. The molecule has 0 amide bonds. The fraction of sp³-hybridized carbons (Fsp3) is 0.429. The van der Waals surface area contributed by atoms with Crippen molar-refractivity contribution in [2.75, 3.05) is 6.61 Å². The van der Waals surface area contributed by atoms with Crippen molar-refractivity contribution in [1.29, 1.82) is 0 Å². The van der Waals surface area contributed by atoms with Crippen LogP contribution < -0.4 is 5.73 Å². The number of aliphatic hydroxyl groups excluding tert-OH is 1. The largest absolute Gasteiger partial charge is 0.394 e. The van der Waals surface area contributed by atoms with Crippen molar-refractivity contribution in [3.8, 4) is 0 Å². The van der Waals surface area contributed by atoms with Crippen molar-refractivity contribution < 1.29 is 5.11 Å². The van der Waals surface area contributed by atoms with Gasteiger partial charge in [-0.3, -0.25) is 0 Å². The molecule has 1 aromatic heterocycles. The standard InChI is InChI=1S/C7H10BrNOS/c1-4-5(8)2-7(11-4)6(9)3-10/h2,6,10H,3,9H2,1H3.